The van der Waals surface area contributed by atoms with Gasteiger partial charge in [-0.15, -0.1) is 0 Å². The van der Waals surface area contributed by atoms with Gasteiger partial charge in [0.15, 0.2) is 5.69 Å². The summed E-state index contributed by atoms with van der Waals surface area (Å²) in [5.74, 6) is -0.0695. The first-order valence-electron chi connectivity index (χ1n) is 7.64. The molecule has 0 amide bonds. The normalized spacial score (nSPS) is 17.6. The third-order valence-electron chi connectivity index (χ3n) is 4.08. The van der Waals surface area contributed by atoms with Crippen molar-refractivity contribution in [3.8, 4) is 5.95 Å². The van der Waals surface area contributed by atoms with E-state index < -0.39 is 11.9 Å². The van der Waals surface area contributed by atoms with Crippen LogP contribution in [0.15, 0.2) is 24.5 Å². The average molecular weight is 337 g/mol. The number of anilines is 1. The molecule has 2 aromatic rings. The van der Waals surface area contributed by atoms with E-state index in [-0.39, 0.29) is 22.7 Å². The minimum Gasteiger partial charge on any atom is -0.383 e. The van der Waals surface area contributed by atoms with Gasteiger partial charge < -0.3 is 5.73 Å². The molecule has 8 heteroatoms. The smallest absolute Gasteiger partial charge is 0.383 e. The van der Waals surface area contributed by atoms with E-state index >= 15 is 0 Å². The van der Waals surface area contributed by atoms with Crippen molar-refractivity contribution in [1.82, 2.24) is 19.7 Å². The Morgan fingerprint density at radius 3 is 2.46 bits per heavy atom. The maximum absolute atomic E-state index is 13.5. The van der Waals surface area contributed by atoms with Gasteiger partial charge in [0, 0.05) is 12.4 Å². The summed E-state index contributed by atoms with van der Waals surface area (Å²) in [6.07, 6.45) is 2.40. The fourth-order valence-corrected chi connectivity index (χ4v) is 3.05. The average Bonchev–Trinajstić information content (AvgIpc) is 2.85. The molecule has 3 rings (SSSR count). The first-order valence-corrected chi connectivity index (χ1v) is 7.64. The van der Waals surface area contributed by atoms with Crippen LogP contribution in [0.25, 0.3) is 11.5 Å². The topological polar surface area (TPSA) is 69.6 Å². The van der Waals surface area contributed by atoms with Gasteiger partial charge in [-0.25, -0.2) is 9.97 Å². The van der Waals surface area contributed by atoms with Crippen molar-refractivity contribution < 1.29 is 13.2 Å². The van der Waals surface area contributed by atoms with E-state index in [9.17, 15) is 13.2 Å². The Balaban J connectivity index is 2.22. The Morgan fingerprint density at radius 1 is 1.21 bits per heavy atom. The van der Waals surface area contributed by atoms with E-state index in [1.54, 1.807) is 6.07 Å². The van der Waals surface area contributed by atoms with Gasteiger partial charge in [-0.3, -0.25) is 0 Å². The molecule has 2 heterocycles. The second kappa shape index (κ2) is 5.61. The van der Waals surface area contributed by atoms with Gasteiger partial charge in [0.05, 0.1) is 5.56 Å². The number of nitrogens with two attached hydrogens (primary N) is 1. The van der Waals surface area contributed by atoms with Crippen LogP contribution in [-0.2, 0) is 6.18 Å². The molecule has 1 aliphatic rings. The molecule has 2 N–H and O–H groups in total. The predicted octanol–water partition coefficient (Wildman–Crippen LogP) is 3.86. The van der Waals surface area contributed by atoms with Crippen LogP contribution in [-0.4, -0.2) is 19.7 Å². The zero-order chi connectivity index (χ0) is 17.5. The van der Waals surface area contributed by atoms with Crippen LogP contribution in [0, 0.1) is 5.41 Å². The lowest BCUT2D eigenvalue weighted by Crippen LogP contribution is -2.15. The summed E-state index contributed by atoms with van der Waals surface area (Å²) in [7, 11) is 0. The highest BCUT2D eigenvalue weighted by Crippen LogP contribution is 2.44. The lowest BCUT2D eigenvalue weighted by molar-refractivity contribution is -0.141. The SMILES string of the molecule is CC1(C)C=C(c2c(C(F)(F)F)nn(-c3ncccn3)c2N)CCC1. The molecular weight excluding hydrogens is 319 g/mol. The third-order valence-corrected chi connectivity index (χ3v) is 4.08. The van der Waals surface area contributed by atoms with E-state index in [1.807, 2.05) is 19.9 Å². The summed E-state index contributed by atoms with van der Waals surface area (Å²) < 4.78 is 41.5. The second-order valence-electron chi connectivity index (χ2n) is 6.58. The van der Waals surface area contributed by atoms with E-state index in [4.69, 9.17) is 5.73 Å². The zero-order valence-corrected chi connectivity index (χ0v) is 13.4. The number of nitrogen functional groups attached to an aromatic ring is 1. The van der Waals surface area contributed by atoms with Crippen molar-refractivity contribution in [2.45, 2.75) is 39.3 Å². The summed E-state index contributed by atoms with van der Waals surface area (Å²) in [6.45, 7) is 4.00. The molecular formula is C16H18F3N5. The first kappa shape index (κ1) is 16.5. The molecule has 0 fully saturated rings. The first-order chi connectivity index (χ1) is 11.2. The lowest BCUT2D eigenvalue weighted by Gasteiger charge is -2.27. The highest BCUT2D eigenvalue weighted by atomic mass is 19.4. The Hall–Kier alpha value is -2.38. The Bertz CT molecular complexity index is 775. The van der Waals surface area contributed by atoms with Crippen molar-refractivity contribution in [3.05, 3.63) is 35.8 Å². The van der Waals surface area contributed by atoms with Crippen LogP contribution in [0.1, 0.15) is 44.4 Å². The Kier molecular flexibility index (Phi) is 3.85. The molecule has 128 valence electrons. The van der Waals surface area contributed by atoms with Crippen molar-refractivity contribution in [3.63, 3.8) is 0 Å². The summed E-state index contributed by atoms with van der Waals surface area (Å²) >= 11 is 0. The second-order valence-corrected chi connectivity index (χ2v) is 6.58. The van der Waals surface area contributed by atoms with Crippen molar-refractivity contribution in [2.75, 3.05) is 5.73 Å². The molecule has 0 bridgehead atoms. The largest absolute Gasteiger partial charge is 0.435 e. The van der Waals surface area contributed by atoms with Crippen LogP contribution < -0.4 is 5.73 Å². The zero-order valence-electron chi connectivity index (χ0n) is 13.4. The molecule has 0 saturated heterocycles. The number of halogens is 3. The molecule has 2 aromatic heterocycles. The highest BCUT2D eigenvalue weighted by Gasteiger charge is 2.41. The number of aromatic nitrogens is 4. The maximum Gasteiger partial charge on any atom is 0.435 e. The molecule has 0 aliphatic heterocycles. The van der Waals surface area contributed by atoms with Crippen LogP contribution in [0.5, 0.6) is 0 Å². The van der Waals surface area contributed by atoms with Gasteiger partial charge in [-0.05, 0) is 36.3 Å². The van der Waals surface area contributed by atoms with Crippen LogP contribution in [0.2, 0.25) is 0 Å². The van der Waals surface area contributed by atoms with Crippen LogP contribution in [0.3, 0.4) is 0 Å². The predicted molar refractivity (Wildman–Crippen MR) is 84.2 cm³/mol. The van der Waals surface area contributed by atoms with Gasteiger partial charge in [-0.1, -0.05) is 19.9 Å². The fourth-order valence-electron chi connectivity index (χ4n) is 3.05. The van der Waals surface area contributed by atoms with Crippen molar-refractivity contribution in [2.24, 2.45) is 5.41 Å². The van der Waals surface area contributed by atoms with Crippen LogP contribution in [0.4, 0.5) is 19.0 Å². The molecule has 0 radical (unpaired) electrons. The van der Waals surface area contributed by atoms with E-state index in [0.29, 0.717) is 12.0 Å². The summed E-state index contributed by atoms with van der Waals surface area (Å²) in [5.41, 5.74) is 5.40. The van der Waals surface area contributed by atoms with Crippen LogP contribution >= 0.6 is 0 Å². The highest BCUT2D eigenvalue weighted by molar-refractivity contribution is 5.77. The summed E-state index contributed by atoms with van der Waals surface area (Å²) in [6, 6.07) is 1.57. The Labute approximate surface area is 137 Å². The van der Waals surface area contributed by atoms with Crippen molar-refractivity contribution >= 4 is 11.4 Å². The van der Waals surface area contributed by atoms with Crippen molar-refractivity contribution in [1.29, 1.82) is 0 Å². The maximum atomic E-state index is 13.5. The molecule has 0 spiro atoms. The monoisotopic (exact) mass is 337 g/mol. The number of nitrogens with zero attached hydrogens (tertiary/aromatic N) is 4. The van der Waals surface area contributed by atoms with E-state index in [1.165, 1.54) is 12.4 Å². The number of allylic oxidation sites excluding steroid dienone is 2. The molecule has 24 heavy (non-hydrogen) atoms. The molecule has 0 atom stereocenters. The lowest BCUT2D eigenvalue weighted by atomic mass is 9.78. The molecule has 1 aliphatic carbocycles. The number of hydrogen-bond acceptors (Lipinski definition) is 4. The Morgan fingerprint density at radius 2 is 1.88 bits per heavy atom. The van der Waals surface area contributed by atoms with Gasteiger partial charge in [-0.2, -0.15) is 23.0 Å². The van der Waals surface area contributed by atoms with Gasteiger partial charge in [0.25, 0.3) is 5.95 Å². The minimum atomic E-state index is -4.61. The molecule has 5 nitrogen and oxygen atoms in total. The van der Waals surface area contributed by atoms with Gasteiger partial charge in [0.2, 0.25) is 0 Å². The van der Waals surface area contributed by atoms with E-state index in [0.717, 1.165) is 17.5 Å². The van der Waals surface area contributed by atoms with Gasteiger partial charge >= 0.3 is 6.18 Å². The summed E-state index contributed by atoms with van der Waals surface area (Å²) in [5, 5.41) is 3.68. The third kappa shape index (κ3) is 3.00. The summed E-state index contributed by atoms with van der Waals surface area (Å²) in [4.78, 5) is 7.89. The quantitative estimate of drug-likeness (QED) is 0.903. The number of hydrogen-bond donors (Lipinski definition) is 1. The number of alkyl halides is 3. The molecule has 0 saturated carbocycles. The van der Waals surface area contributed by atoms with Gasteiger partial charge in [0.1, 0.15) is 5.82 Å². The number of rotatable bonds is 2. The van der Waals surface area contributed by atoms with E-state index in [2.05, 4.69) is 15.1 Å². The molecule has 0 unspecified atom stereocenters. The minimum absolute atomic E-state index is 0.0161. The molecule has 0 aromatic carbocycles. The fraction of sp³-hybridized carbons (Fsp3) is 0.438. The standard InChI is InChI=1S/C16H18F3N5/c1-15(2)6-3-5-10(9-15)11-12(16(17,18)19)23-24(13(11)20)14-21-7-4-8-22-14/h4,7-9H,3,5-6,20H2,1-2H3.